The Balaban J connectivity index is 2.19. The van der Waals surface area contributed by atoms with Gasteiger partial charge in [0, 0.05) is 11.6 Å². The molecule has 0 saturated carbocycles. The first-order valence-corrected chi connectivity index (χ1v) is 8.15. The SMILES string of the molecule is Cc1cccc([N+](=O)[O-])c1OCC(=O)c1cc(Br)sc1Br. The van der Waals surface area contributed by atoms with Gasteiger partial charge in [0.15, 0.2) is 6.61 Å². The molecule has 0 spiro atoms. The molecule has 0 N–H and O–H groups in total. The molecule has 1 heterocycles. The van der Waals surface area contributed by atoms with Crippen LogP contribution in [0.4, 0.5) is 5.69 Å². The maximum atomic E-state index is 12.1. The second kappa shape index (κ2) is 6.67. The molecule has 0 saturated heterocycles. The van der Waals surface area contributed by atoms with Crippen LogP contribution in [0, 0.1) is 17.0 Å². The van der Waals surface area contributed by atoms with Crippen LogP contribution in [-0.4, -0.2) is 17.3 Å². The first-order chi connectivity index (χ1) is 9.90. The van der Waals surface area contributed by atoms with Gasteiger partial charge >= 0.3 is 5.69 Å². The minimum Gasteiger partial charge on any atom is -0.478 e. The topological polar surface area (TPSA) is 69.4 Å². The number of para-hydroxylation sites is 1. The van der Waals surface area contributed by atoms with E-state index in [-0.39, 0.29) is 23.8 Å². The molecular formula is C13H9Br2NO4S. The summed E-state index contributed by atoms with van der Waals surface area (Å²) in [4.78, 5) is 22.6. The van der Waals surface area contributed by atoms with E-state index in [4.69, 9.17) is 4.74 Å². The third kappa shape index (κ3) is 3.69. The maximum absolute atomic E-state index is 12.1. The van der Waals surface area contributed by atoms with Crippen molar-refractivity contribution >= 4 is 54.7 Å². The van der Waals surface area contributed by atoms with E-state index in [1.807, 2.05) is 0 Å². The van der Waals surface area contributed by atoms with E-state index < -0.39 is 4.92 Å². The van der Waals surface area contributed by atoms with Crippen LogP contribution < -0.4 is 4.74 Å². The number of Topliss-reactive ketones (excluding diaryl/α,β-unsaturated/α-hetero) is 1. The summed E-state index contributed by atoms with van der Waals surface area (Å²) in [5.74, 6) is -0.123. The molecule has 0 aliphatic rings. The van der Waals surface area contributed by atoms with Crippen molar-refractivity contribution in [3.05, 3.63) is 53.1 Å². The number of carbonyl (C=O) groups is 1. The highest BCUT2D eigenvalue weighted by molar-refractivity contribution is 9.12. The molecular weight excluding hydrogens is 426 g/mol. The van der Waals surface area contributed by atoms with Crippen molar-refractivity contribution in [3.63, 3.8) is 0 Å². The fourth-order valence-electron chi connectivity index (χ4n) is 1.71. The van der Waals surface area contributed by atoms with Crippen molar-refractivity contribution in [1.29, 1.82) is 0 Å². The predicted molar refractivity (Wildman–Crippen MR) is 87.4 cm³/mol. The lowest BCUT2D eigenvalue weighted by molar-refractivity contribution is -0.385. The van der Waals surface area contributed by atoms with Crippen LogP contribution in [0.1, 0.15) is 15.9 Å². The fourth-order valence-corrected chi connectivity index (χ4v) is 4.57. The number of hydrogen-bond acceptors (Lipinski definition) is 5. The monoisotopic (exact) mass is 433 g/mol. The third-order valence-electron chi connectivity index (χ3n) is 2.69. The minimum absolute atomic E-state index is 0.126. The van der Waals surface area contributed by atoms with Gasteiger partial charge in [0.25, 0.3) is 0 Å². The number of nitrogens with zero attached hydrogens (tertiary/aromatic N) is 1. The van der Waals surface area contributed by atoms with Gasteiger partial charge in [-0.05, 0) is 50.4 Å². The highest BCUT2D eigenvalue weighted by atomic mass is 79.9. The number of thiophene rings is 1. The van der Waals surface area contributed by atoms with Crippen molar-refractivity contribution in [3.8, 4) is 5.75 Å². The third-order valence-corrected chi connectivity index (χ3v) is 5.03. The van der Waals surface area contributed by atoms with Crippen LogP contribution in [0.25, 0.3) is 0 Å². The van der Waals surface area contributed by atoms with E-state index >= 15 is 0 Å². The number of benzene rings is 1. The Labute approximate surface area is 141 Å². The number of halogens is 2. The summed E-state index contributed by atoms with van der Waals surface area (Å²) in [5, 5.41) is 11.0. The first-order valence-electron chi connectivity index (χ1n) is 5.75. The second-order valence-corrected chi connectivity index (χ2v) is 7.88. The van der Waals surface area contributed by atoms with Crippen molar-refractivity contribution in [2.24, 2.45) is 0 Å². The predicted octanol–water partition coefficient (Wildman–Crippen LogP) is 4.75. The number of ketones is 1. The van der Waals surface area contributed by atoms with Crippen molar-refractivity contribution in [2.75, 3.05) is 6.61 Å². The minimum atomic E-state index is -0.524. The molecule has 0 bridgehead atoms. The summed E-state index contributed by atoms with van der Waals surface area (Å²) in [6, 6.07) is 6.31. The molecule has 0 unspecified atom stereocenters. The zero-order valence-electron chi connectivity index (χ0n) is 10.8. The molecule has 110 valence electrons. The van der Waals surface area contributed by atoms with Crippen LogP contribution in [-0.2, 0) is 0 Å². The van der Waals surface area contributed by atoms with Crippen molar-refractivity contribution < 1.29 is 14.5 Å². The molecule has 2 aromatic rings. The summed E-state index contributed by atoms with van der Waals surface area (Å²) >= 11 is 7.97. The number of carbonyl (C=O) groups excluding carboxylic acids is 1. The lowest BCUT2D eigenvalue weighted by Gasteiger charge is -2.08. The van der Waals surface area contributed by atoms with Crippen LogP contribution in [0.2, 0.25) is 0 Å². The van der Waals surface area contributed by atoms with Crippen LogP contribution in [0.3, 0.4) is 0 Å². The summed E-state index contributed by atoms with van der Waals surface area (Å²) < 4.78 is 6.90. The zero-order chi connectivity index (χ0) is 15.6. The summed E-state index contributed by atoms with van der Waals surface area (Å²) in [5.41, 5.74) is 0.957. The molecule has 0 aliphatic carbocycles. The van der Waals surface area contributed by atoms with Gasteiger partial charge in [0.1, 0.15) is 0 Å². The first kappa shape index (κ1) is 16.1. The number of rotatable bonds is 5. The van der Waals surface area contributed by atoms with Crippen molar-refractivity contribution in [2.45, 2.75) is 6.92 Å². The second-order valence-electron chi connectivity index (χ2n) is 4.13. The summed E-state index contributed by atoms with van der Waals surface area (Å²) in [7, 11) is 0. The lowest BCUT2D eigenvalue weighted by atomic mass is 10.2. The van der Waals surface area contributed by atoms with Gasteiger partial charge < -0.3 is 4.74 Å². The quantitative estimate of drug-likeness (QED) is 0.386. The molecule has 1 aromatic carbocycles. The van der Waals surface area contributed by atoms with Gasteiger partial charge in [-0.3, -0.25) is 14.9 Å². The van der Waals surface area contributed by atoms with E-state index in [0.717, 1.165) is 3.79 Å². The summed E-state index contributed by atoms with van der Waals surface area (Å²) in [6.45, 7) is 1.44. The Hall–Kier alpha value is -1.25. The maximum Gasteiger partial charge on any atom is 0.311 e. The molecule has 2 rings (SSSR count). The van der Waals surface area contributed by atoms with Gasteiger partial charge in [-0.2, -0.15) is 0 Å². The number of ether oxygens (including phenoxy) is 1. The van der Waals surface area contributed by atoms with Gasteiger partial charge in [0.2, 0.25) is 11.5 Å². The molecule has 5 nitrogen and oxygen atoms in total. The molecule has 0 aliphatic heterocycles. The van der Waals surface area contributed by atoms with Crippen LogP contribution in [0.5, 0.6) is 5.75 Å². The summed E-state index contributed by atoms with van der Waals surface area (Å²) in [6.07, 6.45) is 0. The van der Waals surface area contributed by atoms with Crippen LogP contribution in [0.15, 0.2) is 31.8 Å². The standard InChI is InChI=1S/C13H9Br2NO4S/c1-7-3-2-4-9(16(18)19)12(7)20-6-10(17)8-5-11(14)21-13(8)15/h2-5H,6H2,1H3. The van der Waals surface area contributed by atoms with Gasteiger partial charge in [-0.1, -0.05) is 12.1 Å². The van der Waals surface area contributed by atoms with Gasteiger partial charge in [-0.15, -0.1) is 11.3 Å². The highest BCUT2D eigenvalue weighted by Gasteiger charge is 2.20. The molecule has 0 fully saturated rings. The Bertz CT molecular complexity index is 714. The normalized spacial score (nSPS) is 10.4. The number of aryl methyl sites for hydroxylation is 1. The molecule has 1 aromatic heterocycles. The molecule has 0 atom stereocenters. The Morgan fingerprint density at radius 3 is 2.71 bits per heavy atom. The average molecular weight is 435 g/mol. The van der Waals surface area contributed by atoms with E-state index in [0.29, 0.717) is 14.9 Å². The van der Waals surface area contributed by atoms with E-state index in [1.165, 1.54) is 17.4 Å². The van der Waals surface area contributed by atoms with E-state index in [2.05, 4.69) is 31.9 Å². The fraction of sp³-hybridized carbons (Fsp3) is 0.154. The number of nitro benzene ring substituents is 1. The lowest BCUT2D eigenvalue weighted by Crippen LogP contribution is -2.12. The molecule has 8 heteroatoms. The number of hydrogen-bond donors (Lipinski definition) is 0. The Kier molecular flexibility index (Phi) is 5.13. The van der Waals surface area contributed by atoms with Gasteiger partial charge in [-0.25, -0.2) is 0 Å². The van der Waals surface area contributed by atoms with E-state index in [9.17, 15) is 14.9 Å². The number of nitro groups is 1. The van der Waals surface area contributed by atoms with Crippen LogP contribution >= 0.6 is 43.2 Å². The zero-order valence-corrected chi connectivity index (χ0v) is 14.7. The molecule has 21 heavy (non-hydrogen) atoms. The largest absolute Gasteiger partial charge is 0.478 e. The smallest absolute Gasteiger partial charge is 0.311 e. The van der Waals surface area contributed by atoms with Gasteiger partial charge in [0.05, 0.1) is 12.5 Å². The Morgan fingerprint density at radius 1 is 1.43 bits per heavy atom. The molecule has 0 amide bonds. The Morgan fingerprint density at radius 2 is 2.14 bits per heavy atom. The van der Waals surface area contributed by atoms with E-state index in [1.54, 1.807) is 25.1 Å². The van der Waals surface area contributed by atoms with Crippen molar-refractivity contribution in [1.82, 2.24) is 0 Å². The molecule has 0 radical (unpaired) electrons. The highest BCUT2D eigenvalue weighted by Crippen LogP contribution is 2.33. The average Bonchev–Trinajstić information content (AvgIpc) is 2.75.